The highest BCUT2D eigenvalue weighted by molar-refractivity contribution is 6.06. The van der Waals surface area contributed by atoms with Gasteiger partial charge in [0, 0.05) is 5.69 Å². The first-order valence-electron chi connectivity index (χ1n) is 15.1. The molecule has 0 bridgehead atoms. The summed E-state index contributed by atoms with van der Waals surface area (Å²) in [6.07, 6.45) is 14.1. The van der Waals surface area contributed by atoms with Crippen LogP contribution in [0.15, 0.2) is 84.9 Å². The maximum atomic E-state index is 11.8. The van der Waals surface area contributed by atoms with Crippen LogP contribution >= 0.6 is 0 Å². The molecule has 3 rings (SSSR count). The number of rotatable bonds is 17. The molecule has 1 amide bonds. The number of amides is 1. The second-order valence-corrected chi connectivity index (χ2v) is 11.1. The van der Waals surface area contributed by atoms with Gasteiger partial charge < -0.3 is 36.6 Å². The highest BCUT2D eigenvalue weighted by atomic mass is 79.9. The number of phenolic OH excluding ortho intramolecular Hbond substituents is 1. The van der Waals surface area contributed by atoms with Gasteiger partial charge in [-0.05, 0) is 49.2 Å². The zero-order valence-corrected chi connectivity index (χ0v) is 27.0. The van der Waals surface area contributed by atoms with E-state index < -0.39 is 0 Å². The fourth-order valence-corrected chi connectivity index (χ4v) is 4.45. The summed E-state index contributed by atoms with van der Waals surface area (Å²) in [5.41, 5.74) is 0.974. The molecule has 0 saturated carbocycles. The van der Waals surface area contributed by atoms with Crippen molar-refractivity contribution in [2.24, 2.45) is 0 Å². The van der Waals surface area contributed by atoms with Crippen LogP contribution in [-0.2, 0) is 0 Å². The first kappa shape index (κ1) is 36.2. The summed E-state index contributed by atoms with van der Waals surface area (Å²) in [5.74, 6) is 0.650. The molecule has 0 unspecified atom stereocenters. The number of benzene rings is 3. The number of quaternary nitrogens is 1. The Morgan fingerprint density at radius 3 is 1.80 bits per heavy atom. The van der Waals surface area contributed by atoms with Crippen molar-refractivity contribution in [3.8, 4) is 11.5 Å². The number of likely N-dealkylation sites (N-methyl/N-ethyl adjacent to an activating group) is 1. The van der Waals surface area contributed by atoms with Gasteiger partial charge in [0.2, 0.25) is 0 Å². The van der Waals surface area contributed by atoms with Crippen molar-refractivity contribution in [2.75, 3.05) is 39.1 Å². The number of nitrogens with one attached hydrogen (secondary N) is 1. The second-order valence-electron chi connectivity index (χ2n) is 11.1. The Morgan fingerprint density at radius 1 is 0.707 bits per heavy atom. The summed E-state index contributed by atoms with van der Waals surface area (Å²) in [7, 11) is 4.64. The number of halogens is 1. The first-order valence-corrected chi connectivity index (χ1v) is 15.1. The summed E-state index contributed by atoms with van der Waals surface area (Å²) in [5, 5.41) is 12.2. The van der Waals surface area contributed by atoms with Crippen LogP contribution in [0.1, 0.15) is 81.5 Å². The molecule has 0 radical (unpaired) electrons. The molecule has 2 N–H and O–H groups in total. The summed E-state index contributed by atoms with van der Waals surface area (Å²) >= 11 is 0. The van der Waals surface area contributed by atoms with Crippen molar-refractivity contribution in [2.45, 2.75) is 71.1 Å². The van der Waals surface area contributed by atoms with E-state index in [1.165, 1.54) is 76.8 Å². The van der Waals surface area contributed by atoms with E-state index >= 15 is 0 Å². The van der Waals surface area contributed by atoms with Crippen LogP contribution in [-0.4, -0.2) is 49.3 Å². The molecular formula is C35H51BrN2O3. The number of anilines is 1. The van der Waals surface area contributed by atoms with Crippen molar-refractivity contribution in [1.82, 2.24) is 0 Å². The third-order valence-corrected chi connectivity index (χ3v) is 7.01. The molecule has 5 nitrogen and oxygen atoms in total. The molecule has 3 aromatic carbocycles. The highest BCUT2D eigenvalue weighted by Crippen LogP contribution is 2.17. The lowest BCUT2D eigenvalue weighted by Gasteiger charge is -2.29. The summed E-state index contributed by atoms with van der Waals surface area (Å²) in [6, 6.07) is 25.7. The third kappa shape index (κ3) is 16.9. The minimum Gasteiger partial charge on any atom is -1.00 e. The molecule has 0 aliphatic heterocycles. The highest BCUT2D eigenvalue weighted by Gasteiger charge is 2.14. The van der Waals surface area contributed by atoms with E-state index in [1.54, 1.807) is 30.3 Å². The zero-order valence-electron chi connectivity index (χ0n) is 25.4. The minimum atomic E-state index is -0.315. The quantitative estimate of drug-likeness (QED) is 0.149. The average Bonchev–Trinajstić information content (AvgIpc) is 2.95. The number of hydrogen-bond acceptors (Lipinski definition) is 3. The van der Waals surface area contributed by atoms with Gasteiger partial charge in [0.1, 0.15) is 24.7 Å². The van der Waals surface area contributed by atoms with Crippen molar-refractivity contribution >= 4 is 11.6 Å². The molecule has 3 aromatic rings. The molecule has 0 heterocycles. The van der Waals surface area contributed by atoms with Gasteiger partial charge in [0.05, 0.1) is 26.2 Å². The van der Waals surface area contributed by atoms with Crippen molar-refractivity contribution in [1.29, 1.82) is 0 Å². The topological polar surface area (TPSA) is 58.6 Å². The van der Waals surface area contributed by atoms with Crippen LogP contribution in [0.3, 0.4) is 0 Å². The fourth-order valence-electron chi connectivity index (χ4n) is 4.45. The van der Waals surface area contributed by atoms with E-state index in [0.717, 1.165) is 23.4 Å². The monoisotopic (exact) mass is 626 g/mol. The lowest BCUT2D eigenvalue weighted by atomic mass is 10.1. The number of carbonyl (C=O) groups excluding carboxylic acids is 1. The van der Waals surface area contributed by atoms with Gasteiger partial charge in [-0.1, -0.05) is 107 Å². The molecule has 6 heteroatoms. The van der Waals surface area contributed by atoms with Crippen molar-refractivity contribution < 1.29 is 36.1 Å². The molecule has 41 heavy (non-hydrogen) atoms. The van der Waals surface area contributed by atoms with Crippen LogP contribution < -0.4 is 27.0 Å². The Hall–Kier alpha value is -2.83. The largest absolute Gasteiger partial charge is 1.00 e. The smallest absolute Gasteiger partial charge is 0.259 e. The Balaban J connectivity index is 0.000000429. The number of phenols is 1. The van der Waals surface area contributed by atoms with Crippen molar-refractivity contribution in [3.05, 3.63) is 90.5 Å². The van der Waals surface area contributed by atoms with Gasteiger partial charge in [0.25, 0.3) is 5.91 Å². The molecule has 0 aliphatic rings. The zero-order chi connectivity index (χ0) is 28.9. The normalized spacial score (nSPS) is 10.6. The SMILES string of the molecule is CCCCCCCCCCCC[N+](C)(C)CCOc1ccccc1.O=C(Nc1ccccc1)c1ccccc1O.[Br-]. The third-order valence-electron chi connectivity index (χ3n) is 7.01. The van der Waals surface area contributed by atoms with Crippen molar-refractivity contribution in [3.63, 3.8) is 0 Å². The average molecular weight is 628 g/mol. The van der Waals surface area contributed by atoms with Gasteiger partial charge in [-0.2, -0.15) is 0 Å². The van der Waals surface area contributed by atoms with Crippen LogP contribution in [0, 0.1) is 0 Å². The number of hydrogen-bond donors (Lipinski definition) is 2. The van der Waals surface area contributed by atoms with Gasteiger partial charge in [-0.3, -0.25) is 4.79 Å². The molecule has 226 valence electrons. The predicted octanol–water partition coefficient (Wildman–Crippen LogP) is 5.71. The lowest BCUT2D eigenvalue weighted by molar-refractivity contribution is -0.890. The minimum absolute atomic E-state index is 0. The van der Waals surface area contributed by atoms with Crippen LogP contribution in [0.2, 0.25) is 0 Å². The Labute approximate surface area is 259 Å². The Morgan fingerprint density at radius 2 is 1.22 bits per heavy atom. The molecule has 0 spiro atoms. The van der Waals surface area contributed by atoms with Gasteiger partial charge >= 0.3 is 0 Å². The standard InChI is InChI=1S/C22H40NO.C13H11NO2.BrH/c1-4-5-6-7-8-9-10-11-12-16-19-23(2,3)20-21-24-22-17-14-13-15-18-22;15-12-9-5-4-8-11(12)13(16)14-10-6-2-1-3-7-10;/h13-15,17-18H,4-12,16,19-21H2,1-3H3;1-9,15H,(H,14,16);1H/q+1;;/p-1. The second kappa shape index (κ2) is 21.9. The molecule has 0 fully saturated rings. The number of para-hydroxylation sites is 3. The molecule has 0 aliphatic carbocycles. The molecular weight excluding hydrogens is 576 g/mol. The fraction of sp³-hybridized carbons (Fsp3) is 0.457. The number of unbranched alkanes of at least 4 members (excludes halogenated alkanes) is 9. The van der Waals surface area contributed by atoms with Gasteiger partial charge in [0.15, 0.2) is 0 Å². The van der Waals surface area contributed by atoms with Gasteiger partial charge in [-0.15, -0.1) is 0 Å². The van der Waals surface area contributed by atoms with E-state index in [4.69, 9.17) is 4.74 Å². The Kier molecular flexibility index (Phi) is 19.3. The van der Waals surface area contributed by atoms with E-state index in [0.29, 0.717) is 5.69 Å². The Bertz CT molecular complexity index is 1060. The molecule has 0 saturated heterocycles. The summed E-state index contributed by atoms with van der Waals surface area (Å²) < 4.78 is 6.89. The summed E-state index contributed by atoms with van der Waals surface area (Å²) in [4.78, 5) is 11.8. The maximum Gasteiger partial charge on any atom is 0.259 e. The van der Waals surface area contributed by atoms with E-state index in [2.05, 4.69) is 26.3 Å². The predicted molar refractivity (Wildman–Crippen MR) is 168 cm³/mol. The number of carbonyl (C=O) groups is 1. The first-order chi connectivity index (χ1) is 19.4. The van der Waals surface area contributed by atoms with E-state index in [1.807, 2.05) is 48.5 Å². The number of ether oxygens (including phenoxy) is 1. The lowest BCUT2D eigenvalue weighted by Crippen LogP contribution is -3.00. The van der Waals surface area contributed by atoms with Crippen LogP contribution in [0.5, 0.6) is 11.5 Å². The van der Waals surface area contributed by atoms with Crippen LogP contribution in [0.25, 0.3) is 0 Å². The number of aromatic hydroxyl groups is 1. The number of nitrogens with zero attached hydrogens (tertiary/aromatic N) is 1. The van der Waals surface area contributed by atoms with Gasteiger partial charge in [-0.25, -0.2) is 0 Å². The van der Waals surface area contributed by atoms with E-state index in [-0.39, 0.29) is 34.2 Å². The van der Waals surface area contributed by atoms with E-state index in [9.17, 15) is 9.90 Å². The summed E-state index contributed by atoms with van der Waals surface area (Å²) in [6.45, 7) is 5.42. The molecule has 0 atom stereocenters. The maximum absolute atomic E-state index is 11.8. The van der Waals surface area contributed by atoms with Crippen LogP contribution in [0.4, 0.5) is 5.69 Å². The molecule has 0 aromatic heterocycles.